The molecule has 0 saturated carbocycles. The molecule has 8 nitrogen and oxygen atoms in total. The molecule has 2 aliphatic heterocycles. The Hall–Kier alpha value is -1.19. The molecule has 25 heavy (non-hydrogen) atoms. The predicted octanol–water partition coefficient (Wildman–Crippen LogP) is 0.530. The number of carbonyl (C=O) groups is 2. The Balaban J connectivity index is 1.97. The van der Waals surface area contributed by atoms with E-state index in [2.05, 4.69) is 0 Å². The Bertz CT molecular complexity index is 565. The molecule has 0 spiro atoms. The van der Waals surface area contributed by atoms with Crippen LogP contribution in [0.3, 0.4) is 0 Å². The number of carboxylic acids is 1. The molecule has 2 saturated heterocycles. The number of sulfonamides is 1. The van der Waals surface area contributed by atoms with Crippen molar-refractivity contribution in [3.63, 3.8) is 0 Å². The Kier molecular flexibility index (Phi) is 7.21. The third kappa shape index (κ3) is 5.65. The van der Waals surface area contributed by atoms with Crippen LogP contribution in [0.25, 0.3) is 0 Å². The molecule has 0 aliphatic carbocycles. The Morgan fingerprint density at radius 2 is 1.76 bits per heavy atom. The van der Waals surface area contributed by atoms with Crippen LogP contribution in [-0.4, -0.2) is 79.2 Å². The normalized spacial score (nSPS) is 21.2. The third-order valence-electron chi connectivity index (χ3n) is 5.05. The van der Waals surface area contributed by atoms with Crippen LogP contribution in [0, 0.1) is 5.92 Å². The topological polar surface area (TPSA) is 104 Å². The number of amides is 1. The van der Waals surface area contributed by atoms with E-state index in [1.807, 2.05) is 0 Å². The van der Waals surface area contributed by atoms with E-state index >= 15 is 0 Å². The van der Waals surface area contributed by atoms with Crippen molar-refractivity contribution in [2.24, 2.45) is 5.92 Å². The second kappa shape index (κ2) is 8.95. The number of carbonyl (C=O) groups excluding carboxylic acids is 1. The van der Waals surface area contributed by atoms with Crippen LogP contribution in [0.5, 0.6) is 0 Å². The SMILES string of the molecule is CCS(=O)(=O)N1CCC(N(CC(=O)O)C(=O)CC2CCOCC2)CC1. The van der Waals surface area contributed by atoms with Crippen molar-refractivity contribution in [2.45, 2.75) is 45.1 Å². The van der Waals surface area contributed by atoms with Gasteiger partial charge in [0.2, 0.25) is 15.9 Å². The molecule has 2 aliphatic rings. The van der Waals surface area contributed by atoms with Crippen molar-refractivity contribution in [3.8, 4) is 0 Å². The maximum absolute atomic E-state index is 12.7. The van der Waals surface area contributed by atoms with Crippen molar-refractivity contribution < 1.29 is 27.9 Å². The summed E-state index contributed by atoms with van der Waals surface area (Å²) in [5, 5.41) is 9.17. The molecule has 1 N–H and O–H groups in total. The summed E-state index contributed by atoms with van der Waals surface area (Å²) in [4.78, 5) is 25.3. The van der Waals surface area contributed by atoms with Gasteiger partial charge in [-0.05, 0) is 38.5 Å². The number of hydrogen-bond acceptors (Lipinski definition) is 5. The summed E-state index contributed by atoms with van der Waals surface area (Å²) in [6.45, 7) is 3.24. The molecule has 2 fully saturated rings. The lowest BCUT2D eigenvalue weighted by Crippen LogP contribution is -2.50. The third-order valence-corrected chi connectivity index (χ3v) is 6.93. The van der Waals surface area contributed by atoms with Gasteiger partial charge in [-0.1, -0.05) is 0 Å². The first kappa shape index (κ1) is 20.1. The highest BCUT2D eigenvalue weighted by Gasteiger charge is 2.33. The van der Waals surface area contributed by atoms with Crippen LogP contribution < -0.4 is 0 Å². The molecule has 2 rings (SSSR count). The zero-order chi connectivity index (χ0) is 18.4. The minimum Gasteiger partial charge on any atom is -0.480 e. The highest BCUT2D eigenvalue weighted by molar-refractivity contribution is 7.89. The Morgan fingerprint density at radius 3 is 2.28 bits per heavy atom. The van der Waals surface area contributed by atoms with E-state index in [1.54, 1.807) is 6.92 Å². The number of hydrogen-bond donors (Lipinski definition) is 1. The van der Waals surface area contributed by atoms with E-state index in [0.29, 0.717) is 45.6 Å². The van der Waals surface area contributed by atoms with Gasteiger partial charge in [-0.3, -0.25) is 9.59 Å². The lowest BCUT2D eigenvalue weighted by Gasteiger charge is -2.38. The van der Waals surface area contributed by atoms with Crippen LogP contribution >= 0.6 is 0 Å². The maximum atomic E-state index is 12.7. The van der Waals surface area contributed by atoms with E-state index in [1.165, 1.54) is 9.21 Å². The smallest absolute Gasteiger partial charge is 0.323 e. The fourth-order valence-corrected chi connectivity index (χ4v) is 4.63. The average molecular weight is 376 g/mol. The van der Waals surface area contributed by atoms with Gasteiger partial charge < -0.3 is 14.7 Å². The predicted molar refractivity (Wildman–Crippen MR) is 91.6 cm³/mol. The summed E-state index contributed by atoms with van der Waals surface area (Å²) in [7, 11) is -3.24. The zero-order valence-electron chi connectivity index (χ0n) is 14.7. The number of carboxylic acid groups (broad SMARTS) is 1. The van der Waals surface area contributed by atoms with E-state index in [4.69, 9.17) is 9.84 Å². The minimum atomic E-state index is -3.24. The molecule has 0 bridgehead atoms. The Morgan fingerprint density at radius 1 is 1.16 bits per heavy atom. The summed E-state index contributed by atoms with van der Waals surface area (Å²) in [5.74, 6) is -0.896. The summed E-state index contributed by atoms with van der Waals surface area (Å²) in [5.41, 5.74) is 0. The van der Waals surface area contributed by atoms with Gasteiger partial charge in [0.25, 0.3) is 0 Å². The molecular formula is C16H28N2O6S. The molecule has 0 aromatic rings. The summed E-state index contributed by atoms with van der Waals surface area (Å²) < 4.78 is 30.6. The molecule has 0 atom stereocenters. The fourth-order valence-electron chi connectivity index (χ4n) is 3.50. The largest absolute Gasteiger partial charge is 0.480 e. The van der Waals surface area contributed by atoms with Gasteiger partial charge >= 0.3 is 5.97 Å². The van der Waals surface area contributed by atoms with Crippen molar-refractivity contribution in [3.05, 3.63) is 0 Å². The first-order valence-corrected chi connectivity index (χ1v) is 10.5. The molecule has 1 amide bonds. The van der Waals surface area contributed by atoms with Crippen LogP contribution in [-0.2, 0) is 24.3 Å². The highest BCUT2D eigenvalue weighted by atomic mass is 32.2. The average Bonchev–Trinajstić information content (AvgIpc) is 2.60. The van der Waals surface area contributed by atoms with Gasteiger partial charge in [-0.25, -0.2) is 12.7 Å². The molecule has 0 radical (unpaired) electrons. The van der Waals surface area contributed by atoms with E-state index in [9.17, 15) is 18.0 Å². The minimum absolute atomic E-state index is 0.0548. The first-order valence-electron chi connectivity index (χ1n) is 8.90. The quantitative estimate of drug-likeness (QED) is 0.695. The molecule has 2 heterocycles. The number of aliphatic carboxylic acids is 1. The van der Waals surface area contributed by atoms with Gasteiger partial charge in [0.1, 0.15) is 6.54 Å². The van der Waals surface area contributed by atoms with Gasteiger partial charge in [-0.15, -0.1) is 0 Å². The number of nitrogens with zero attached hydrogens (tertiary/aromatic N) is 2. The van der Waals surface area contributed by atoms with Crippen molar-refractivity contribution in [1.29, 1.82) is 0 Å². The maximum Gasteiger partial charge on any atom is 0.323 e. The Labute approximate surface area is 149 Å². The monoisotopic (exact) mass is 376 g/mol. The van der Waals surface area contributed by atoms with Gasteiger partial charge in [0.15, 0.2) is 0 Å². The highest BCUT2D eigenvalue weighted by Crippen LogP contribution is 2.24. The molecule has 9 heteroatoms. The standard InChI is InChI=1S/C16H28N2O6S/c1-2-25(22,23)17-7-3-14(4-8-17)18(12-16(20)21)15(19)11-13-5-9-24-10-6-13/h13-14H,2-12H2,1H3,(H,20,21). The van der Waals surface area contributed by atoms with Crippen molar-refractivity contribution in [1.82, 2.24) is 9.21 Å². The fraction of sp³-hybridized carbons (Fsp3) is 0.875. The first-order chi connectivity index (χ1) is 11.8. The molecular weight excluding hydrogens is 348 g/mol. The van der Waals surface area contributed by atoms with E-state index in [-0.39, 0.29) is 30.2 Å². The lowest BCUT2D eigenvalue weighted by molar-refractivity contribution is -0.147. The van der Waals surface area contributed by atoms with Crippen LogP contribution in [0.2, 0.25) is 0 Å². The van der Waals surface area contributed by atoms with Crippen LogP contribution in [0.1, 0.15) is 39.0 Å². The van der Waals surface area contributed by atoms with Crippen LogP contribution in [0.4, 0.5) is 0 Å². The number of rotatable bonds is 7. The lowest BCUT2D eigenvalue weighted by atomic mass is 9.95. The second-order valence-electron chi connectivity index (χ2n) is 6.71. The summed E-state index contributed by atoms with van der Waals surface area (Å²) in [6, 6.07) is -0.216. The van der Waals surface area contributed by atoms with E-state index in [0.717, 1.165) is 12.8 Å². The van der Waals surface area contributed by atoms with Crippen molar-refractivity contribution in [2.75, 3.05) is 38.6 Å². The zero-order valence-corrected chi connectivity index (χ0v) is 15.5. The van der Waals surface area contributed by atoms with Gasteiger partial charge in [0.05, 0.1) is 5.75 Å². The summed E-state index contributed by atoms with van der Waals surface area (Å²) >= 11 is 0. The second-order valence-corrected chi connectivity index (χ2v) is 8.96. The number of ether oxygens (including phenoxy) is 1. The molecule has 0 aromatic carbocycles. The number of piperidine rings is 1. The molecule has 0 unspecified atom stereocenters. The molecule has 0 aromatic heterocycles. The van der Waals surface area contributed by atoms with Gasteiger partial charge in [-0.2, -0.15) is 0 Å². The molecule has 144 valence electrons. The van der Waals surface area contributed by atoms with Gasteiger partial charge in [0, 0.05) is 38.8 Å². The van der Waals surface area contributed by atoms with Crippen molar-refractivity contribution >= 4 is 21.9 Å². The summed E-state index contributed by atoms with van der Waals surface area (Å²) in [6.07, 6.45) is 2.93. The van der Waals surface area contributed by atoms with E-state index < -0.39 is 16.0 Å². The van der Waals surface area contributed by atoms with Crippen LogP contribution in [0.15, 0.2) is 0 Å².